The highest BCUT2D eigenvalue weighted by Gasteiger charge is 2.53. The Morgan fingerprint density at radius 3 is 1.66 bits per heavy atom. The van der Waals surface area contributed by atoms with Crippen molar-refractivity contribution in [3.63, 3.8) is 0 Å². The number of hydrogen-bond donors (Lipinski definition) is 3. The van der Waals surface area contributed by atoms with Crippen molar-refractivity contribution in [3.05, 3.63) is 0 Å². The molecular formula is C32H58N6. The third kappa shape index (κ3) is 6.40. The molecule has 4 aliphatic rings. The highest BCUT2D eigenvalue weighted by molar-refractivity contribution is 5.03. The van der Waals surface area contributed by atoms with Crippen LogP contribution in [0.25, 0.3) is 0 Å². The van der Waals surface area contributed by atoms with E-state index in [-0.39, 0.29) is 12.1 Å². The van der Waals surface area contributed by atoms with Gasteiger partial charge in [0.25, 0.3) is 0 Å². The summed E-state index contributed by atoms with van der Waals surface area (Å²) in [5.41, 5.74) is 23.8. The second-order valence-electron chi connectivity index (χ2n) is 15.1. The van der Waals surface area contributed by atoms with Crippen LogP contribution in [0.15, 0.2) is 15.3 Å². The lowest BCUT2D eigenvalue weighted by molar-refractivity contribution is 0.0921. The van der Waals surface area contributed by atoms with E-state index in [0.29, 0.717) is 23.3 Å². The summed E-state index contributed by atoms with van der Waals surface area (Å²) >= 11 is 0. The summed E-state index contributed by atoms with van der Waals surface area (Å²) in [6, 6.07) is 0.210. The molecule has 0 heterocycles. The van der Waals surface area contributed by atoms with Crippen LogP contribution in [0.2, 0.25) is 0 Å². The van der Waals surface area contributed by atoms with Gasteiger partial charge >= 0.3 is 0 Å². The summed E-state index contributed by atoms with van der Waals surface area (Å²) in [6.07, 6.45) is 19.6. The maximum Gasteiger partial charge on any atom is 0.0733 e. The summed E-state index contributed by atoms with van der Waals surface area (Å²) in [5.74, 6) is 5.99. The molecule has 0 radical (unpaired) electrons. The van der Waals surface area contributed by atoms with E-state index in [4.69, 9.17) is 16.6 Å². The zero-order valence-electron chi connectivity index (χ0n) is 25.1. The third-order valence-electron chi connectivity index (χ3n) is 12.8. The van der Waals surface area contributed by atoms with Gasteiger partial charge in [0.15, 0.2) is 0 Å². The first kappa shape index (κ1) is 29.8. The summed E-state index contributed by atoms with van der Waals surface area (Å²) in [6.45, 7) is 10.8. The smallest absolute Gasteiger partial charge is 0.0733 e. The molecule has 0 saturated heterocycles. The molecule has 0 aliphatic heterocycles. The largest absolute Gasteiger partial charge is 0.210 e. The molecule has 4 saturated carbocycles. The molecule has 8 unspecified atom stereocenters. The van der Waals surface area contributed by atoms with Gasteiger partial charge in [-0.3, -0.25) is 0 Å². The Bertz CT molecular complexity index is 751. The summed E-state index contributed by atoms with van der Waals surface area (Å²) in [4.78, 5) is 0. The third-order valence-corrected chi connectivity index (χ3v) is 12.8. The van der Waals surface area contributed by atoms with Crippen LogP contribution < -0.4 is 0 Å². The lowest BCUT2D eigenvalue weighted by Crippen LogP contribution is -2.33. The zero-order valence-corrected chi connectivity index (χ0v) is 25.1. The fourth-order valence-electron chi connectivity index (χ4n) is 10.3. The highest BCUT2D eigenvalue weighted by atomic mass is 15.0. The number of unbranched alkanes of at least 4 members (excludes halogenated alkanes) is 1. The second kappa shape index (κ2) is 13.0. The summed E-state index contributed by atoms with van der Waals surface area (Å²) in [5, 5.41) is 11.6. The minimum atomic E-state index is 0.0789. The predicted molar refractivity (Wildman–Crippen MR) is 154 cm³/mol. The van der Waals surface area contributed by atoms with Gasteiger partial charge in [0, 0.05) is 0 Å². The molecule has 0 aromatic rings. The van der Waals surface area contributed by atoms with Crippen molar-refractivity contribution in [2.24, 2.45) is 67.6 Å². The lowest BCUT2D eigenvalue weighted by Gasteiger charge is -2.41. The van der Waals surface area contributed by atoms with E-state index in [1.54, 1.807) is 0 Å². The average Bonchev–Trinajstić information content (AvgIpc) is 3.65. The molecular weight excluding hydrogens is 468 g/mol. The molecule has 4 bridgehead atoms. The number of nitrogens with zero attached hydrogens (tertiary/aromatic N) is 3. The second-order valence-corrected chi connectivity index (χ2v) is 15.1. The minimum absolute atomic E-state index is 0.0789. The number of hydrogen-bond acceptors (Lipinski definition) is 6. The fraction of sp³-hybridized carbons (Fsp3) is 1.00. The molecule has 6 nitrogen and oxygen atoms in total. The van der Waals surface area contributed by atoms with E-state index in [9.17, 15) is 0 Å². The Hall–Kier alpha value is -1.20. The zero-order chi connectivity index (χ0) is 27.3. The van der Waals surface area contributed by atoms with Crippen LogP contribution in [-0.4, -0.2) is 18.6 Å². The SMILES string of the molecule is CC1(C)C2CCC(C2)C1CCC(CCC1C2CCC(C2)C1(C)C)C(CCCC(CCCCN=N)N=N)N=N. The van der Waals surface area contributed by atoms with Crippen molar-refractivity contribution in [2.45, 2.75) is 143 Å². The van der Waals surface area contributed by atoms with Gasteiger partial charge in [-0.2, -0.15) is 15.3 Å². The molecule has 216 valence electrons. The molecule has 0 aromatic carbocycles. The highest BCUT2D eigenvalue weighted by Crippen LogP contribution is 2.62. The minimum Gasteiger partial charge on any atom is -0.210 e. The van der Waals surface area contributed by atoms with Gasteiger partial charge in [0.2, 0.25) is 0 Å². The molecule has 4 aliphatic carbocycles. The Morgan fingerprint density at radius 2 is 1.21 bits per heavy atom. The molecule has 4 fully saturated rings. The Kier molecular flexibility index (Phi) is 10.2. The van der Waals surface area contributed by atoms with Crippen LogP contribution in [0, 0.1) is 68.8 Å². The normalized spacial score (nSPS) is 34.7. The maximum atomic E-state index is 8.21. The first-order chi connectivity index (χ1) is 18.2. The average molecular weight is 527 g/mol. The van der Waals surface area contributed by atoms with Crippen molar-refractivity contribution < 1.29 is 0 Å². The first-order valence-electron chi connectivity index (χ1n) is 16.3. The van der Waals surface area contributed by atoms with E-state index in [2.05, 4.69) is 43.0 Å². The molecule has 38 heavy (non-hydrogen) atoms. The van der Waals surface area contributed by atoms with Gasteiger partial charge in [-0.05, 0) is 155 Å². The molecule has 4 rings (SSSR count). The van der Waals surface area contributed by atoms with E-state index >= 15 is 0 Å². The number of rotatable bonds is 18. The number of fused-ring (bicyclic) bond motifs is 4. The topological polar surface area (TPSA) is 109 Å². The van der Waals surface area contributed by atoms with Crippen molar-refractivity contribution in [3.8, 4) is 0 Å². The van der Waals surface area contributed by atoms with Gasteiger partial charge in [-0.15, -0.1) is 0 Å². The molecule has 3 N–H and O–H groups in total. The van der Waals surface area contributed by atoms with Crippen LogP contribution in [0.4, 0.5) is 0 Å². The van der Waals surface area contributed by atoms with Crippen LogP contribution in [-0.2, 0) is 0 Å². The maximum absolute atomic E-state index is 8.21. The van der Waals surface area contributed by atoms with E-state index in [0.717, 1.165) is 74.0 Å². The molecule has 6 heteroatoms. The predicted octanol–water partition coefficient (Wildman–Crippen LogP) is 10.5. The molecule has 0 aromatic heterocycles. The van der Waals surface area contributed by atoms with Crippen molar-refractivity contribution in [1.29, 1.82) is 16.6 Å². The van der Waals surface area contributed by atoms with E-state index in [1.165, 1.54) is 64.2 Å². The monoisotopic (exact) mass is 526 g/mol. The van der Waals surface area contributed by atoms with Crippen LogP contribution in [0.1, 0.15) is 130 Å². The van der Waals surface area contributed by atoms with E-state index < -0.39 is 0 Å². The van der Waals surface area contributed by atoms with Gasteiger partial charge < -0.3 is 0 Å². The molecule has 8 atom stereocenters. The van der Waals surface area contributed by atoms with Crippen molar-refractivity contribution in [2.75, 3.05) is 6.54 Å². The van der Waals surface area contributed by atoms with Crippen LogP contribution in [0.5, 0.6) is 0 Å². The quantitative estimate of drug-likeness (QED) is 0.117. The fourth-order valence-corrected chi connectivity index (χ4v) is 10.3. The van der Waals surface area contributed by atoms with Crippen molar-refractivity contribution in [1.82, 2.24) is 0 Å². The van der Waals surface area contributed by atoms with Crippen molar-refractivity contribution >= 4 is 0 Å². The van der Waals surface area contributed by atoms with Gasteiger partial charge in [0.05, 0.1) is 18.6 Å². The van der Waals surface area contributed by atoms with Gasteiger partial charge in [0.1, 0.15) is 0 Å². The Morgan fingerprint density at radius 1 is 0.658 bits per heavy atom. The molecule has 0 amide bonds. The summed E-state index contributed by atoms with van der Waals surface area (Å²) in [7, 11) is 0. The number of nitrogens with one attached hydrogen (secondary N) is 3. The Labute approximate surface area is 233 Å². The van der Waals surface area contributed by atoms with Gasteiger partial charge in [-0.1, -0.05) is 27.7 Å². The standard InChI is InChI=1S/C32H58N6/c1-31(2)25-15-11-23(20-25)28(31)17-13-22(14-18-29-24-12-16-26(21-24)32(29,3)4)30(38-35)10-7-9-27(37-34)8-5-6-19-36-33/h22-30,33-35H,5-21H2,1-4H3. The Balaban J connectivity index is 1.35. The van der Waals surface area contributed by atoms with Crippen LogP contribution >= 0.6 is 0 Å². The van der Waals surface area contributed by atoms with Crippen LogP contribution in [0.3, 0.4) is 0 Å². The van der Waals surface area contributed by atoms with Gasteiger partial charge in [-0.25, -0.2) is 16.6 Å². The lowest BCUT2D eigenvalue weighted by atomic mass is 9.65. The van der Waals surface area contributed by atoms with E-state index in [1.807, 2.05) is 0 Å². The summed E-state index contributed by atoms with van der Waals surface area (Å²) < 4.78 is 0. The molecule has 0 spiro atoms. The first-order valence-corrected chi connectivity index (χ1v) is 16.3.